The highest BCUT2D eigenvalue weighted by molar-refractivity contribution is 5.95. The van der Waals surface area contributed by atoms with Crippen LogP contribution in [-0.2, 0) is 11.0 Å². The minimum atomic E-state index is -4.43. The SMILES string of the molecule is CCC(NC(=O)c1ccc(-c2cccc(C(F)(F)F)c2)cc1)c1ccc(OC(C)(C)C(=O)O)c(C)c1. The predicted molar refractivity (Wildman–Crippen MR) is 131 cm³/mol. The summed E-state index contributed by atoms with van der Waals surface area (Å²) in [7, 11) is 0. The topological polar surface area (TPSA) is 75.6 Å². The second kappa shape index (κ2) is 10.4. The molecule has 1 atom stereocenters. The van der Waals surface area contributed by atoms with Gasteiger partial charge >= 0.3 is 12.1 Å². The summed E-state index contributed by atoms with van der Waals surface area (Å²) in [5, 5.41) is 12.3. The second-order valence-corrected chi connectivity index (χ2v) is 9.03. The maximum Gasteiger partial charge on any atom is 0.416 e. The largest absolute Gasteiger partial charge is 0.478 e. The monoisotopic (exact) mass is 499 g/mol. The van der Waals surface area contributed by atoms with Gasteiger partial charge in [0.05, 0.1) is 11.6 Å². The number of hydrogen-bond donors (Lipinski definition) is 2. The minimum absolute atomic E-state index is 0.305. The Kier molecular flexibility index (Phi) is 7.77. The lowest BCUT2D eigenvalue weighted by Gasteiger charge is -2.24. The average molecular weight is 500 g/mol. The Bertz CT molecular complexity index is 1250. The van der Waals surface area contributed by atoms with Crippen LogP contribution in [0.1, 0.15) is 60.3 Å². The lowest BCUT2D eigenvalue weighted by Crippen LogP contribution is -2.38. The van der Waals surface area contributed by atoms with Gasteiger partial charge in [0.25, 0.3) is 5.91 Å². The molecule has 36 heavy (non-hydrogen) atoms. The van der Waals surface area contributed by atoms with Gasteiger partial charge in [-0.3, -0.25) is 4.79 Å². The quantitative estimate of drug-likeness (QED) is 0.357. The van der Waals surface area contributed by atoms with Gasteiger partial charge in [0.1, 0.15) is 5.75 Å². The number of carboxylic acids is 1. The van der Waals surface area contributed by atoms with Crippen LogP contribution < -0.4 is 10.1 Å². The number of alkyl halides is 3. The number of carbonyl (C=O) groups excluding carboxylic acids is 1. The van der Waals surface area contributed by atoms with Crippen LogP contribution >= 0.6 is 0 Å². The molecule has 3 rings (SSSR count). The smallest absolute Gasteiger partial charge is 0.416 e. The number of hydrogen-bond acceptors (Lipinski definition) is 3. The molecule has 0 heterocycles. The fraction of sp³-hybridized carbons (Fsp3) is 0.286. The van der Waals surface area contributed by atoms with Crippen molar-refractivity contribution in [3.63, 3.8) is 0 Å². The van der Waals surface area contributed by atoms with E-state index < -0.39 is 23.3 Å². The Morgan fingerprint density at radius 1 is 0.972 bits per heavy atom. The zero-order valence-electron chi connectivity index (χ0n) is 20.4. The van der Waals surface area contributed by atoms with Gasteiger partial charge < -0.3 is 15.2 Å². The van der Waals surface area contributed by atoms with Crippen molar-refractivity contribution in [2.45, 2.75) is 51.9 Å². The number of nitrogens with one attached hydrogen (secondary N) is 1. The molecule has 0 spiro atoms. The average Bonchev–Trinajstić information content (AvgIpc) is 2.83. The molecule has 0 radical (unpaired) electrons. The van der Waals surface area contributed by atoms with Gasteiger partial charge in [-0.25, -0.2) is 4.79 Å². The summed E-state index contributed by atoms with van der Waals surface area (Å²) in [6.07, 6.45) is -3.82. The minimum Gasteiger partial charge on any atom is -0.478 e. The standard InChI is InChI=1S/C28H28F3NO4/c1-5-23(21-13-14-24(17(2)15-21)36-27(3,4)26(34)35)32-25(33)19-11-9-18(10-12-19)20-7-6-8-22(16-20)28(29,30)31/h6-16,23H,5H2,1-4H3,(H,32,33)(H,34,35). The number of carbonyl (C=O) groups is 2. The molecular weight excluding hydrogens is 471 g/mol. The van der Waals surface area contributed by atoms with Gasteiger partial charge in [0.15, 0.2) is 5.60 Å². The molecule has 0 bridgehead atoms. The highest BCUT2D eigenvalue weighted by atomic mass is 19.4. The maximum absolute atomic E-state index is 13.0. The second-order valence-electron chi connectivity index (χ2n) is 9.03. The molecule has 3 aromatic rings. The third kappa shape index (κ3) is 6.24. The van der Waals surface area contributed by atoms with Crippen LogP contribution in [0.4, 0.5) is 13.2 Å². The summed E-state index contributed by atoms with van der Waals surface area (Å²) in [4.78, 5) is 24.2. The molecule has 1 unspecified atom stereocenters. The van der Waals surface area contributed by atoms with E-state index in [1.165, 1.54) is 19.9 Å². The molecule has 2 N–H and O–H groups in total. The van der Waals surface area contributed by atoms with Crippen molar-refractivity contribution < 1.29 is 32.6 Å². The highest BCUT2D eigenvalue weighted by Crippen LogP contribution is 2.32. The summed E-state index contributed by atoms with van der Waals surface area (Å²) < 4.78 is 44.7. The molecule has 0 aromatic heterocycles. The van der Waals surface area contributed by atoms with E-state index in [0.717, 1.165) is 23.3 Å². The van der Waals surface area contributed by atoms with Gasteiger partial charge in [-0.2, -0.15) is 13.2 Å². The van der Waals surface area contributed by atoms with E-state index in [1.807, 2.05) is 13.0 Å². The van der Waals surface area contributed by atoms with E-state index >= 15 is 0 Å². The van der Waals surface area contributed by atoms with Crippen LogP contribution in [0.15, 0.2) is 66.7 Å². The molecule has 0 aliphatic carbocycles. The van der Waals surface area contributed by atoms with Crippen molar-refractivity contribution in [1.29, 1.82) is 0 Å². The van der Waals surface area contributed by atoms with Crippen molar-refractivity contribution >= 4 is 11.9 Å². The molecule has 0 aliphatic heterocycles. The fourth-order valence-corrected chi connectivity index (χ4v) is 3.67. The van der Waals surface area contributed by atoms with Crippen molar-refractivity contribution in [3.8, 4) is 16.9 Å². The Morgan fingerprint density at radius 2 is 1.64 bits per heavy atom. The first kappa shape index (κ1) is 26.8. The lowest BCUT2D eigenvalue weighted by atomic mass is 9.99. The van der Waals surface area contributed by atoms with Gasteiger partial charge in [0, 0.05) is 5.56 Å². The molecule has 0 saturated carbocycles. The van der Waals surface area contributed by atoms with E-state index in [9.17, 15) is 27.9 Å². The van der Waals surface area contributed by atoms with Gasteiger partial charge in [-0.1, -0.05) is 43.3 Å². The van der Waals surface area contributed by atoms with Crippen LogP contribution in [0.5, 0.6) is 5.75 Å². The molecular formula is C28H28F3NO4. The molecule has 0 aliphatic rings. The van der Waals surface area contributed by atoms with Crippen LogP contribution in [0.2, 0.25) is 0 Å². The highest BCUT2D eigenvalue weighted by Gasteiger charge is 2.31. The first-order chi connectivity index (χ1) is 16.8. The molecule has 0 saturated heterocycles. The third-order valence-electron chi connectivity index (χ3n) is 5.87. The fourth-order valence-electron chi connectivity index (χ4n) is 3.67. The van der Waals surface area contributed by atoms with E-state index in [0.29, 0.717) is 28.9 Å². The molecule has 8 heteroatoms. The lowest BCUT2D eigenvalue weighted by molar-refractivity contribution is -0.152. The zero-order valence-corrected chi connectivity index (χ0v) is 20.4. The Morgan fingerprint density at radius 3 is 2.19 bits per heavy atom. The molecule has 3 aromatic carbocycles. The number of rotatable bonds is 8. The summed E-state index contributed by atoms with van der Waals surface area (Å²) in [6.45, 7) is 6.67. The van der Waals surface area contributed by atoms with Crippen LogP contribution in [-0.4, -0.2) is 22.6 Å². The number of halogens is 3. The van der Waals surface area contributed by atoms with Crippen LogP contribution in [0.3, 0.4) is 0 Å². The number of amides is 1. The van der Waals surface area contributed by atoms with Gasteiger partial charge in [-0.05, 0) is 79.8 Å². The van der Waals surface area contributed by atoms with Crippen molar-refractivity contribution in [1.82, 2.24) is 5.32 Å². The maximum atomic E-state index is 13.0. The summed E-state index contributed by atoms with van der Waals surface area (Å²) >= 11 is 0. The normalized spacial score (nSPS) is 12.6. The Hall–Kier alpha value is -3.81. The number of carboxylic acid groups (broad SMARTS) is 1. The summed E-state index contributed by atoms with van der Waals surface area (Å²) in [6, 6.07) is 16.4. The van der Waals surface area contributed by atoms with Crippen molar-refractivity contribution in [3.05, 3.63) is 89.0 Å². The Balaban J connectivity index is 1.74. The summed E-state index contributed by atoms with van der Waals surface area (Å²) in [5.41, 5.74) is 0.816. The molecule has 5 nitrogen and oxygen atoms in total. The summed E-state index contributed by atoms with van der Waals surface area (Å²) in [5.74, 6) is -0.955. The zero-order chi connectivity index (χ0) is 26.7. The first-order valence-electron chi connectivity index (χ1n) is 11.4. The third-order valence-corrected chi connectivity index (χ3v) is 5.87. The molecule has 190 valence electrons. The van der Waals surface area contributed by atoms with Gasteiger partial charge in [-0.15, -0.1) is 0 Å². The number of benzene rings is 3. The van der Waals surface area contributed by atoms with Crippen LogP contribution in [0, 0.1) is 6.92 Å². The number of ether oxygens (including phenoxy) is 1. The molecule has 0 fully saturated rings. The van der Waals surface area contributed by atoms with Crippen molar-refractivity contribution in [2.75, 3.05) is 0 Å². The first-order valence-corrected chi connectivity index (χ1v) is 11.4. The van der Waals surface area contributed by atoms with E-state index in [2.05, 4.69) is 5.32 Å². The van der Waals surface area contributed by atoms with E-state index in [1.54, 1.807) is 49.4 Å². The van der Waals surface area contributed by atoms with E-state index in [4.69, 9.17) is 4.74 Å². The van der Waals surface area contributed by atoms with Crippen molar-refractivity contribution in [2.24, 2.45) is 0 Å². The molecule has 1 amide bonds. The predicted octanol–water partition coefficient (Wildman–Crippen LogP) is 6.80. The Labute approximate surface area is 207 Å². The van der Waals surface area contributed by atoms with Crippen LogP contribution in [0.25, 0.3) is 11.1 Å². The number of aliphatic carboxylic acids is 1. The van der Waals surface area contributed by atoms with E-state index in [-0.39, 0.29) is 11.9 Å². The number of aryl methyl sites for hydroxylation is 1. The van der Waals surface area contributed by atoms with Gasteiger partial charge in [0.2, 0.25) is 0 Å².